The van der Waals surface area contributed by atoms with E-state index in [2.05, 4.69) is 32.4 Å². The van der Waals surface area contributed by atoms with Crippen LogP contribution in [0.5, 0.6) is 0 Å². The molecule has 2 aromatic rings. The van der Waals surface area contributed by atoms with Crippen molar-refractivity contribution in [2.75, 3.05) is 17.2 Å². The van der Waals surface area contributed by atoms with Crippen LogP contribution in [-0.4, -0.2) is 27.6 Å². The van der Waals surface area contributed by atoms with Gasteiger partial charge in [-0.1, -0.05) is 29.2 Å². The van der Waals surface area contributed by atoms with E-state index >= 15 is 0 Å². The summed E-state index contributed by atoms with van der Waals surface area (Å²) in [5, 5.41) is 17.2. The third-order valence-electron chi connectivity index (χ3n) is 1.98. The third-order valence-corrected chi connectivity index (χ3v) is 4.84. The number of hydrogen-bond acceptors (Lipinski definition) is 8. The Morgan fingerprint density at radius 3 is 3.10 bits per heavy atom. The molecule has 0 bridgehead atoms. The first-order chi connectivity index (χ1) is 9.67. The maximum atomic E-state index is 10.9. The predicted octanol–water partition coefficient (Wildman–Crippen LogP) is 2.84. The summed E-state index contributed by atoms with van der Waals surface area (Å²) in [5.74, 6) is 0.590. The summed E-state index contributed by atoms with van der Waals surface area (Å²) in [6.07, 6.45) is 1.77. The number of carbonyl (C=O) groups excluding carboxylic acids is 1. The van der Waals surface area contributed by atoms with E-state index in [4.69, 9.17) is 0 Å². The second-order valence-corrected chi connectivity index (χ2v) is 6.71. The number of carbonyl (C=O) groups is 1. The van der Waals surface area contributed by atoms with Gasteiger partial charge in [-0.3, -0.25) is 4.79 Å². The van der Waals surface area contributed by atoms with Gasteiger partial charge in [0.1, 0.15) is 0 Å². The van der Waals surface area contributed by atoms with Gasteiger partial charge in [-0.05, 0) is 0 Å². The van der Waals surface area contributed by atoms with Gasteiger partial charge in [0.05, 0.1) is 5.69 Å². The first-order valence-electron chi connectivity index (χ1n) is 5.70. The van der Waals surface area contributed by atoms with Crippen molar-refractivity contribution in [1.29, 1.82) is 0 Å². The molecule has 20 heavy (non-hydrogen) atoms. The fraction of sp³-hybridized carbons (Fsp3) is 0.273. The minimum absolute atomic E-state index is 0.111. The van der Waals surface area contributed by atoms with Gasteiger partial charge in [0.2, 0.25) is 11.0 Å². The maximum Gasteiger partial charge on any atom is 0.223 e. The molecule has 0 atom stereocenters. The fourth-order valence-corrected chi connectivity index (χ4v) is 3.73. The molecule has 2 N–H and O–H groups in total. The number of aromatic nitrogens is 3. The Hall–Kier alpha value is -1.45. The Morgan fingerprint density at radius 2 is 2.35 bits per heavy atom. The molecule has 0 aliphatic heterocycles. The van der Waals surface area contributed by atoms with Crippen molar-refractivity contribution in [3.63, 3.8) is 0 Å². The van der Waals surface area contributed by atoms with Crippen molar-refractivity contribution in [2.24, 2.45) is 0 Å². The summed E-state index contributed by atoms with van der Waals surface area (Å²) >= 11 is 4.48. The predicted molar refractivity (Wildman–Crippen MR) is 84.6 cm³/mol. The van der Waals surface area contributed by atoms with Crippen molar-refractivity contribution in [3.05, 3.63) is 23.7 Å². The highest BCUT2D eigenvalue weighted by molar-refractivity contribution is 8.00. The molecule has 106 valence electrons. The normalized spacial score (nSPS) is 10.2. The lowest BCUT2D eigenvalue weighted by Crippen LogP contribution is -2.05. The zero-order valence-corrected chi connectivity index (χ0v) is 13.2. The van der Waals surface area contributed by atoms with E-state index in [1.165, 1.54) is 29.6 Å². The van der Waals surface area contributed by atoms with Gasteiger partial charge in [-0.2, -0.15) is 0 Å². The highest BCUT2D eigenvalue weighted by Gasteiger charge is 2.07. The van der Waals surface area contributed by atoms with Crippen molar-refractivity contribution in [2.45, 2.75) is 17.0 Å². The molecule has 9 heteroatoms. The van der Waals surface area contributed by atoms with Gasteiger partial charge in [0, 0.05) is 24.6 Å². The standard InChI is InChI=1S/C11H13N5OS3/c1-3-4-12-9-15-16-11(20-9)19-6-8-5-18-10(14-8)13-7(2)17/h3,5H,1,4,6H2,2H3,(H,12,15)(H,13,14,17). The molecule has 0 aromatic carbocycles. The van der Waals surface area contributed by atoms with Crippen molar-refractivity contribution < 1.29 is 4.79 Å². The van der Waals surface area contributed by atoms with Crippen LogP contribution in [0.15, 0.2) is 22.4 Å². The summed E-state index contributed by atoms with van der Waals surface area (Å²) in [7, 11) is 0. The molecule has 0 aliphatic rings. The first kappa shape index (κ1) is 14.9. The lowest BCUT2D eigenvalue weighted by atomic mass is 10.6. The molecule has 0 saturated heterocycles. The molecule has 6 nitrogen and oxygen atoms in total. The van der Waals surface area contributed by atoms with Gasteiger partial charge in [-0.25, -0.2) is 4.98 Å². The van der Waals surface area contributed by atoms with Crippen LogP contribution in [0.1, 0.15) is 12.6 Å². The van der Waals surface area contributed by atoms with Crippen LogP contribution >= 0.6 is 34.4 Å². The van der Waals surface area contributed by atoms with Gasteiger partial charge < -0.3 is 10.6 Å². The minimum Gasteiger partial charge on any atom is -0.357 e. The Kier molecular flexibility index (Phi) is 5.50. The molecule has 0 saturated carbocycles. The van der Waals surface area contributed by atoms with Gasteiger partial charge in [-0.15, -0.1) is 28.1 Å². The van der Waals surface area contributed by atoms with Gasteiger partial charge >= 0.3 is 0 Å². The number of thiazole rings is 1. The van der Waals surface area contributed by atoms with Crippen molar-refractivity contribution >= 4 is 50.6 Å². The van der Waals surface area contributed by atoms with Crippen LogP contribution in [-0.2, 0) is 10.5 Å². The minimum atomic E-state index is -0.111. The summed E-state index contributed by atoms with van der Waals surface area (Å²) < 4.78 is 0.880. The number of nitrogens with one attached hydrogen (secondary N) is 2. The lowest BCUT2D eigenvalue weighted by Gasteiger charge is -1.94. The molecule has 0 fully saturated rings. The molecular formula is C11H13N5OS3. The smallest absolute Gasteiger partial charge is 0.223 e. The van der Waals surface area contributed by atoms with Gasteiger partial charge in [0.25, 0.3) is 0 Å². The molecule has 0 unspecified atom stereocenters. The van der Waals surface area contributed by atoms with Crippen LogP contribution in [0.4, 0.5) is 10.3 Å². The summed E-state index contributed by atoms with van der Waals surface area (Å²) in [6, 6.07) is 0. The van der Waals surface area contributed by atoms with E-state index in [0.29, 0.717) is 17.4 Å². The number of anilines is 2. The highest BCUT2D eigenvalue weighted by Crippen LogP contribution is 2.29. The van der Waals surface area contributed by atoms with Gasteiger partial charge in [0.15, 0.2) is 9.47 Å². The largest absolute Gasteiger partial charge is 0.357 e. The second-order valence-electron chi connectivity index (χ2n) is 3.66. The number of hydrogen-bond donors (Lipinski definition) is 2. The Balaban J connectivity index is 1.85. The van der Waals surface area contributed by atoms with E-state index in [0.717, 1.165) is 15.2 Å². The zero-order chi connectivity index (χ0) is 14.4. The van der Waals surface area contributed by atoms with Crippen LogP contribution in [0.2, 0.25) is 0 Å². The first-order valence-corrected chi connectivity index (χ1v) is 8.38. The molecule has 0 spiro atoms. The lowest BCUT2D eigenvalue weighted by molar-refractivity contribution is -0.114. The summed E-state index contributed by atoms with van der Waals surface area (Å²) in [6.45, 7) is 5.77. The molecule has 2 rings (SSSR count). The average molecular weight is 327 g/mol. The van der Waals surface area contributed by atoms with E-state index in [9.17, 15) is 4.79 Å². The third kappa shape index (κ3) is 4.58. The Labute approximate surface area is 128 Å². The van der Waals surface area contributed by atoms with E-state index in [-0.39, 0.29) is 5.91 Å². The molecule has 2 aromatic heterocycles. The Bertz CT molecular complexity index is 594. The maximum absolute atomic E-state index is 10.9. The van der Waals surface area contributed by atoms with E-state index < -0.39 is 0 Å². The fourth-order valence-electron chi connectivity index (χ4n) is 1.22. The van der Waals surface area contributed by atoms with Crippen LogP contribution in [0, 0.1) is 0 Å². The SMILES string of the molecule is C=CCNc1nnc(SCc2csc(NC(C)=O)n2)s1. The molecule has 0 radical (unpaired) electrons. The van der Waals surface area contributed by atoms with E-state index in [1.54, 1.807) is 17.8 Å². The molecular weight excluding hydrogens is 314 g/mol. The summed E-state index contributed by atoms with van der Waals surface area (Å²) in [4.78, 5) is 15.2. The number of nitrogens with zero attached hydrogens (tertiary/aromatic N) is 3. The second kappa shape index (κ2) is 7.36. The van der Waals surface area contributed by atoms with Crippen LogP contribution in [0.25, 0.3) is 0 Å². The topological polar surface area (TPSA) is 79.8 Å². The number of amides is 1. The zero-order valence-electron chi connectivity index (χ0n) is 10.8. The number of thioether (sulfide) groups is 1. The summed E-state index contributed by atoms with van der Waals surface area (Å²) in [5.41, 5.74) is 0.916. The monoisotopic (exact) mass is 327 g/mol. The molecule has 1 amide bonds. The van der Waals surface area contributed by atoms with Crippen molar-refractivity contribution in [3.8, 4) is 0 Å². The van der Waals surface area contributed by atoms with Crippen molar-refractivity contribution in [1.82, 2.24) is 15.2 Å². The Morgan fingerprint density at radius 1 is 1.50 bits per heavy atom. The van der Waals surface area contributed by atoms with Crippen LogP contribution < -0.4 is 10.6 Å². The molecule has 2 heterocycles. The van der Waals surface area contributed by atoms with E-state index in [1.807, 2.05) is 5.38 Å². The number of rotatable bonds is 7. The molecule has 0 aliphatic carbocycles. The highest BCUT2D eigenvalue weighted by atomic mass is 32.2. The average Bonchev–Trinajstić information content (AvgIpc) is 3.02. The quantitative estimate of drug-likeness (QED) is 0.601. The van der Waals surface area contributed by atoms with Crippen LogP contribution in [0.3, 0.4) is 0 Å².